The fraction of sp³-hybridized carbons (Fsp3) is 0.211. The van der Waals surface area contributed by atoms with Crippen LogP contribution in [0.3, 0.4) is 0 Å². The van der Waals surface area contributed by atoms with Gasteiger partial charge in [-0.25, -0.2) is 23.4 Å². The van der Waals surface area contributed by atoms with Crippen molar-refractivity contribution in [2.24, 2.45) is 5.73 Å². The van der Waals surface area contributed by atoms with Crippen LogP contribution in [-0.4, -0.2) is 34.6 Å². The maximum Gasteiger partial charge on any atom is 0.351 e. The molecule has 0 spiro atoms. The molecule has 2 N–H and O–H groups in total. The molecular weight excluding hydrogens is 433 g/mol. The Morgan fingerprint density at radius 3 is 2.57 bits per heavy atom. The van der Waals surface area contributed by atoms with Gasteiger partial charge in [-0.2, -0.15) is 5.10 Å². The van der Waals surface area contributed by atoms with Gasteiger partial charge < -0.3 is 10.3 Å². The SMILES string of the molecule is Cc1cc(-c2ccc(CS(=O)[O-])cc2)cnc1-n1cnn(C/C(=C/F)CN)c1=O.Cl. The number of halogens is 2. The van der Waals surface area contributed by atoms with E-state index < -0.39 is 16.8 Å². The lowest BCUT2D eigenvalue weighted by Gasteiger charge is -2.09. The van der Waals surface area contributed by atoms with Crippen LogP contribution in [0.2, 0.25) is 0 Å². The minimum absolute atomic E-state index is 0. The zero-order valence-electron chi connectivity index (χ0n) is 16.0. The summed E-state index contributed by atoms with van der Waals surface area (Å²) in [5, 5.41) is 4.00. The molecule has 2 aromatic heterocycles. The highest BCUT2D eigenvalue weighted by Crippen LogP contribution is 2.22. The third-order valence-electron chi connectivity index (χ3n) is 4.35. The molecule has 0 fully saturated rings. The largest absolute Gasteiger partial charge is 0.772 e. The first-order valence-corrected chi connectivity index (χ1v) is 9.92. The lowest BCUT2D eigenvalue weighted by Crippen LogP contribution is -2.26. The molecule has 0 aliphatic carbocycles. The van der Waals surface area contributed by atoms with E-state index in [1.807, 2.05) is 25.1 Å². The van der Waals surface area contributed by atoms with E-state index in [0.717, 1.165) is 21.4 Å². The molecule has 8 nitrogen and oxygen atoms in total. The molecule has 0 saturated heterocycles. The molecule has 1 aromatic carbocycles. The van der Waals surface area contributed by atoms with Crippen LogP contribution in [0, 0.1) is 6.92 Å². The van der Waals surface area contributed by atoms with Gasteiger partial charge in [0.15, 0.2) is 0 Å². The number of benzene rings is 1. The fourth-order valence-corrected chi connectivity index (χ4v) is 3.30. The molecule has 0 radical (unpaired) electrons. The van der Waals surface area contributed by atoms with E-state index in [9.17, 15) is 17.9 Å². The van der Waals surface area contributed by atoms with Crippen LogP contribution >= 0.6 is 12.4 Å². The van der Waals surface area contributed by atoms with Crippen molar-refractivity contribution in [2.45, 2.75) is 19.2 Å². The van der Waals surface area contributed by atoms with Crippen molar-refractivity contribution in [1.82, 2.24) is 19.3 Å². The van der Waals surface area contributed by atoms with Crippen molar-refractivity contribution in [3.8, 4) is 16.9 Å². The molecule has 0 saturated carbocycles. The van der Waals surface area contributed by atoms with E-state index in [4.69, 9.17) is 5.73 Å². The average molecular weight is 453 g/mol. The Labute approximate surface area is 180 Å². The van der Waals surface area contributed by atoms with E-state index in [1.165, 1.54) is 10.9 Å². The second-order valence-corrected chi connectivity index (χ2v) is 7.32. The normalized spacial score (nSPS) is 12.5. The quantitative estimate of drug-likeness (QED) is 0.548. The predicted molar refractivity (Wildman–Crippen MR) is 114 cm³/mol. The smallest absolute Gasteiger partial charge is 0.351 e. The van der Waals surface area contributed by atoms with Crippen molar-refractivity contribution in [3.05, 3.63) is 76.4 Å². The molecule has 0 aliphatic heterocycles. The molecule has 11 heteroatoms. The minimum atomic E-state index is -2.14. The Kier molecular flexibility index (Phi) is 8.18. The predicted octanol–water partition coefficient (Wildman–Crippen LogP) is 2.02. The first-order valence-electron chi connectivity index (χ1n) is 8.67. The van der Waals surface area contributed by atoms with Crippen LogP contribution in [0.5, 0.6) is 0 Å². The van der Waals surface area contributed by atoms with Crippen LogP contribution in [0.15, 0.2) is 59.6 Å². The average Bonchev–Trinajstić information content (AvgIpc) is 3.06. The van der Waals surface area contributed by atoms with Gasteiger partial charge in [0.2, 0.25) is 0 Å². The summed E-state index contributed by atoms with van der Waals surface area (Å²) < 4.78 is 36.7. The Hall–Kier alpha value is -2.66. The van der Waals surface area contributed by atoms with Crippen molar-refractivity contribution in [3.63, 3.8) is 0 Å². The van der Waals surface area contributed by atoms with Gasteiger partial charge in [0, 0.05) is 24.1 Å². The third kappa shape index (κ3) is 5.28. The number of aryl methyl sites for hydroxylation is 1. The second-order valence-electron chi connectivity index (χ2n) is 6.42. The van der Waals surface area contributed by atoms with Crippen LogP contribution in [-0.2, 0) is 23.4 Å². The highest BCUT2D eigenvalue weighted by molar-refractivity contribution is 7.78. The third-order valence-corrected chi connectivity index (χ3v) is 4.92. The monoisotopic (exact) mass is 452 g/mol. The number of hydrogen-bond acceptors (Lipinski definition) is 6. The summed E-state index contributed by atoms with van der Waals surface area (Å²) in [7, 11) is 0. The second kappa shape index (κ2) is 10.4. The van der Waals surface area contributed by atoms with Crippen molar-refractivity contribution in [1.29, 1.82) is 0 Å². The number of nitrogens with zero attached hydrogens (tertiary/aromatic N) is 4. The van der Waals surface area contributed by atoms with Gasteiger partial charge in [-0.1, -0.05) is 35.3 Å². The van der Waals surface area contributed by atoms with E-state index in [-0.39, 0.29) is 36.8 Å². The zero-order chi connectivity index (χ0) is 21.0. The van der Waals surface area contributed by atoms with E-state index >= 15 is 0 Å². The summed E-state index contributed by atoms with van der Waals surface area (Å²) in [6, 6.07) is 9.01. The van der Waals surface area contributed by atoms with Crippen molar-refractivity contribution in [2.75, 3.05) is 6.54 Å². The van der Waals surface area contributed by atoms with Gasteiger partial charge in [0.05, 0.1) is 12.9 Å². The van der Waals surface area contributed by atoms with Crippen LogP contribution in [0.1, 0.15) is 11.1 Å². The number of aromatic nitrogens is 4. The van der Waals surface area contributed by atoms with Gasteiger partial charge in [0.25, 0.3) is 0 Å². The van der Waals surface area contributed by atoms with Crippen molar-refractivity contribution >= 4 is 23.5 Å². The van der Waals surface area contributed by atoms with Crippen LogP contribution in [0.25, 0.3) is 16.9 Å². The Morgan fingerprint density at radius 1 is 1.30 bits per heavy atom. The molecule has 0 amide bonds. The van der Waals surface area contributed by atoms with Gasteiger partial charge in [-0.3, -0.25) is 4.21 Å². The van der Waals surface area contributed by atoms with E-state index in [1.54, 1.807) is 18.3 Å². The molecule has 30 heavy (non-hydrogen) atoms. The van der Waals surface area contributed by atoms with E-state index in [0.29, 0.717) is 17.7 Å². The molecule has 2 heterocycles. The molecule has 0 aliphatic rings. The lowest BCUT2D eigenvalue weighted by atomic mass is 10.0. The summed E-state index contributed by atoms with van der Waals surface area (Å²) in [6.07, 6.45) is 3.34. The summed E-state index contributed by atoms with van der Waals surface area (Å²) in [5.74, 6) is 0.384. The Bertz CT molecular complexity index is 1130. The molecule has 160 valence electrons. The van der Waals surface area contributed by atoms with Crippen molar-refractivity contribution < 1.29 is 13.2 Å². The molecule has 0 bridgehead atoms. The lowest BCUT2D eigenvalue weighted by molar-refractivity contribution is 0.536. The summed E-state index contributed by atoms with van der Waals surface area (Å²) in [4.78, 5) is 16.9. The van der Waals surface area contributed by atoms with Gasteiger partial charge in [0.1, 0.15) is 12.1 Å². The van der Waals surface area contributed by atoms with Crippen LogP contribution < -0.4 is 11.4 Å². The number of nitrogens with two attached hydrogens (primary N) is 1. The molecule has 1 unspecified atom stereocenters. The minimum Gasteiger partial charge on any atom is -0.772 e. The highest BCUT2D eigenvalue weighted by atomic mass is 35.5. The number of rotatable bonds is 7. The fourth-order valence-electron chi connectivity index (χ4n) is 2.83. The standard InChI is InChI=1S/C19H20FN5O3S.ClH/c1-13-6-17(16-4-2-14(3-5-16)11-29(27)28)9-22-18(13)24-12-23-25(19(24)26)10-15(7-20)8-21;/h2-7,9,12H,8,10-11,21H2,1H3,(H,27,28);1H/p-1/b15-7+;. The molecule has 1 atom stereocenters. The Morgan fingerprint density at radius 2 is 2.00 bits per heavy atom. The molecule has 3 aromatic rings. The summed E-state index contributed by atoms with van der Waals surface area (Å²) in [6.45, 7) is 1.78. The maximum atomic E-state index is 12.7. The molecule has 3 rings (SSSR count). The van der Waals surface area contributed by atoms with Gasteiger partial charge in [-0.05, 0) is 35.3 Å². The van der Waals surface area contributed by atoms with Gasteiger partial charge >= 0.3 is 5.69 Å². The van der Waals surface area contributed by atoms with Crippen LogP contribution in [0.4, 0.5) is 4.39 Å². The number of pyridine rings is 1. The molecular formula is C19H20ClFN5O3S-. The topological polar surface area (TPSA) is 119 Å². The first-order chi connectivity index (χ1) is 13.9. The summed E-state index contributed by atoms with van der Waals surface area (Å²) in [5.41, 5.74) is 8.37. The first kappa shape index (κ1) is 23.6. The number of hydrogen-bond donors (Lipinski definition) is 1. The van der Waals surface area contributed by atoms with Gasteiger partial charge in [-0.15, -0.1) is 12.4 Å². The Balaban J connectivity index is 0.00000320. The van der Waals surface area contributed by atoms with E-state index in [2.05, 4.69) is 10.1 Å². The summed E-state index contributed by atoms with van der Waals surface area (Å²) >= 11 is -2.14. The zero-order valence-corrected chi connectivity index (χ0v) is 17.7. The highest BCUT2D eigenvalue weighted by Gasteiger charge is 2.12. The maximum absolute atomic E-state index is 12.7.